The van der Waals surface area contributed by atoms with Crippen LogP contribution in [0.25, 0.3) is 0 Å². The molecule has 8 nitrogen and oxygen atoms in total. The first-order chi connectivity index (χ1) is 17.1. The van der Waals surface area contributed by atoms with Gasteiger partial charge in [0, 0.05) is 5.57 Å². The van der Waals surface area contributed by atoms with Crippen molar-refractivity contribution in [3.8, 4) is 0 Å². The second-order valence-corrected chi connectivity index (χ2v) is 8.40. The van der Waals surface area contributed by atoms with E-state index in [1.807, 2.05) is 0 Å². The van der Waals surface area contributed by atoms with E-state index in [0.29, 0.717) is 6.92 Å². The van der Waals surface area contributed by atoms with E-state index in [9.17, 15) is 58.7 Å². The Morgan fingerprint density at radius 1 is 0.711 bits per heavy atom. The average Bonchev–Trinajstić information content (AvgIpc) is 2.76. The largest absolute Gasteiger partial charge is 0.462 e. The van der Waals surface area contributed by atoms with Gasteiger partial charge in [0.1, 0.15) is 13.2 Å². The van der Waals surface area contributed by atoms with Gasteiger partial charge in [-0.3, -0.25) is 14.4 Å². The van der Waals surface area contributed by atoms with Crippen molar-refractivity contribution < 1.29 is 77.6 Å². The van der Waals surface area contributed by atoms with Crippen molar-refractivity contribution in [3.05, 3.63) is 12.2 Å². The molecule has 17 heteroatoms. The van der Waals surface area contributed by atoms with Gasteiger partial charge in [-0.15, -0.1) is 0 Å². The van der Waals surface area contributed by atoms with Crippen molar-refractivity contribution in [1.29, 1.82) is 0 Å². The highest BCUT2D eigenvalue weighted by Gasteiger charge is 2.60. The summed E-state index contributed by atoms with van der Waals surface area (Å²) in [6.07, 6.45) is -26.5. The molecule has 0 aromatic heterocycles. The van der Waals surface area contributed by atoms with E-state index in [4.69, 9.17) is 4.74 Å². The van der Waals surface area contributed by atoms with E-state index in [1.54, 1.807) is 0 Å². The monoisotopic (exact) mass is 574 g/mol. The number of carbonyl (C=O) groups is 4. The first kappa shape index (κ1) is 33.0. The summed E-state index contributed by atoms with van der Waals surface area (Å²) in [4.78, 5) is 48.2. The van der Waals surface area contributed by atoms with Crippen LogP contribution in [0.4, 0.5) is 39.5 Å². The van der Waals surface area contributed by atoms with Crippen LogP contribution in [0.15, 0.2) is 12.2 Å². The molecule has 38 heavy (non-hydrogen) atoms. The molecule has 0 aromatic rings. The molecular weight excluding hydrogens is 551 g/mol. The van der Waals surface area contributed by atoms with Gasteiger partial charge in [-0.25, -0.2) is 4.79 Å². The summed E-state index contributed by atoms with van der Waals surface area (Å²) in [7, 11) is 0. The number of rotatable bonds is 9. The topological polar surface area (TPSA) is 105 Å². The molecule has 0 amide bonds. The highest BCUT2D eigenvalue weighted by molar-refractivity contribution is 5.87. The van der Waals surface area contributed by atoms with Gasteiger partial charge in [-0.2, -0.15) is 39.5 Å². The summed E-state index contributed by atoms with van der Waals surface area (Å²) >= 11 is 0. The molecular formula is C21H23F9O8. The highest BCUT2D eigenvalue weighted by atomic mass is 19.4. The Labute approximate surface area is 209 Å². The molecule has 1 rings (SSSR count). The molecule has 0 N–H and O–H groups in total. The third-order valence-electron chi connectivity index (χ3n) is 5.20. The lowest BCUT2D eigenvalue weighted by atomic mass is 9.75. The van der Waals surface area contributed by atoms with Crippen LogP contribution in [0.1, 0.15) is 33.1 Å². The SMILES string of the molecule is C=C(C)C(=O)OCCOC(=O)C1CC(C(=O)OC(C)C(F)(F)F)CC(C(=O)OC(C(F)(F)F)C(F)(F)F)C1. The van der Waals surface area contributed by atoms with Gasteiger partial charge in [-0.1, -0.05) is 6.58 Å². The van der Waals surface area contributed by atoms with Gasteiger partial charge in [0.25, 0.3) is 6.10 Å². The fourth-order valence-corrected chi connectivity index (χ4v) is 3.28. The summed E-state index contributed by atoms with van der Waals surface area (Å²) < 4.78 is 132. The van der Waals surface area contributed by atoms with Crippen molar-refractivity contribution in [2.24, 2.45) is 17.8 Å². The second-order valence-electron chi connectivity index (χ2n) is 8.40. The van der Waals surface area contributed by atoms with Crippen LogP contribution >= 0.6 is 0 Å². The molecule has 0 spiro atoms. The Kier molecular flexibility index (Phi) is 11.0. The summed E-state index contributed by atoms with van der Waals surface area (Å²) in [5, 5.41) is 0. The fourth-order valence-electron chi connectivity index (χ4n) is 3.28. The molecule has 1 aliphatic carbocycles. The van der Waals surface area contributed by atoms with Crippen molar-refractivity contribution in [2.45, 2.75) is 63.8 Å². The standard InChI is InChI=1S/C21H23F9O8/c1-9(2)14(31)35-4-5-36-15(32)11-6-12(16(33)37-10(3)19(22,23)24)8-13(7-11)17(34)38-18(20(25,26)27)21(28,29)30/h10-13,18H,1,4-8H2,2-3H3. The normalized spacial score (nSPS) is 21.3. The van der Waals surface area contributed by atoms with Crippen molar-refractivity contribution in [3.63, 3.8) is 0 Å². The average molecular weight is 574 g/mol. The number of alkyl halides is 9. The molecule has 0 radical (unpaired) electrons. The molecule has 4 atom stereocenters. The smallest absolute Gasteiger partial charge is 0.434 e. The van der Waals surface area contributed by atoms with Crippen LogP contribution in [-0.2, 0) is 38.1 Å². The van der Waals surface area contributed by atoms with Crippen molar-refractivity contribution in [1.82, 2.24) is 0 Å². The summed E-state index contributed by atoms with van der Waals surface area (Å²) in [6, 6.07) is 0. The molecule has 1 fully saturated rings. The lowest BCUT2D eigenvalue weighted by Crippen LogP contribution is -2.47. The fraction of sp³-hybridized carbons (Fsp3) is 0.714. The number of esters is 4. The number of hydrogen-bond donors (Lipinski definition) is 0. The number of ether oxygens (including phenoxy) is 4. The highest BCUT2D eigenvalue weighted by Crippen LogP contribution is 2.40. The van der Waals surface area contributed by atoms with Gasteiger partial charge in [0.15, 0.2) is 6.10 Å². The van der Waals surface area contributed by atoms with Crippen molar-refractivity contribution in [2.75, 3.05) is 13.2 Å². The van der Waals surface area contributed by atoms with Crippen LogP contribution in [0.5, 0.6) is 0 Å². The molecule has 0 saturated heterocycles. The molecule has 0 aromatic carbocycles. The predicted molar refractivity (Wildman–Crippen MR) is 105 cm³/mol. The van der Waals surface area contributed by atoms with Crippen molar-refractivity contribution >= 4 is 23.9 Å². The quantitative estimate of drug-likeness (QED) is 0.133. The predicted octanol–water partition coefficient (Wildman–Crippen LogP) is 4.21. The molecule has 1 aliphatic rings. The van der Waals surface area contributed by atoms with Crippen LogP contribution in [0.2, 0.25) is 0 Å². The number of carbonyl (C=O) groups excluding carboxylic acids is 4. The minimum Gasteiger partial charge on any atom is -0.462 e. The minimum atomic E-state index is -6.05. The summed E-state index contributed by atoms with van der Waals surface area (Å²) in [5.74, 6) is -10.9. The Bertz CT molecular complexity index is 881. The maximum Gasteiger partial charge on any atom is 0.434 e. The third-order valence-corrected chi connectivity index (χ3v) is 5.20. The zero-order chi connectivity index (χ0) is 29.6. The minimum absolute atomic E-state index is 0.00965. The zero-order valence-electron chi connectivity index (χ0n) is 19.8. The summed E-state index contributed by atoms with van der Waals surface area (Å²) in [5.41, 5.74) is 0.00965. The third kappa shape index (κ3) is 10.0. The Balaban J connectivity index is 3.06. The Morgan fingerprint density at radius 2 is 1.11 bits per heavy atom. The van der Waals surface area contributed by atoms with E-state index in [-0.39, 0.29) is 5.57 Å². The van der Waals surface area contributed by atoms with E-state index in [0.717, 1.165) is 0 Å². The lowest BCUT2D eigenvalue weighted by molar-refractivity contribution is -0.314. The van der Waals surface area contributed by atoms with E-state index in [2.05, 4.69) is 20.8 Å². The Hall–Kier alpha value is -3.01. The molecule has 4 unspecified atom stereocenters. The Morgan fingerprint density at radius 3 is 1.50 bits per heavy atom. The number of halogens is 9. The van der Waals surface area contributed by atoms with Gasteiger partial charge in [0.05, 0.1) is 17.8 Å². The first-order valence-corrected chi connectivity index (χ1v) is 10.7. The zero-order valence-corrected chi connectivity index (χ0v) is 19.8. The number of hydrogen-bond acceptors (Lipinski definition) is 8. The molecule has 1 saturated carbocycles. The van der Waals surface area contributed by atoms with E-state index in [1.165, 1.54) is 6.92 Å². The maximum absolute atomic E-state index is 12.8. The van der Waals surface area contributed by atoms with Crippen LogP contribution < -0.4 is 0 Å². The first-order valence-electron chi connectivity index (χ1n) is 10.7. The molecule has 0 aliphatic heterocycles. The van der Waals surface area contributed by atoms with Crippen LogP contribution in [0.3, 0.4) is 0 Å². The molecule has 0 heterocycles. The van der Waals surface area contributed by atoms with Gasteiger partial charge < -0.3 is 18.9 Å². The van der Waals surface area contributed by atoms with Gasteiger partial charge in [0.2, 0.25) is 0 Å². The molecule has 218 valence electrons. The second kappa shape index (κ2) is 12.7. The van der Waals surface area contributed by atoms with E-state index >= 15 is 0 Å². The van der Waals surface area contributed by atoms with Crippen LogP contribution in [0, 0.1) is 17.8 Å². The van der Waals surface area contributed by atoms with E-state index < -0.39 is 105 Å². The van der Waals surface area contributed by atoms with Gasteiger partial charge in [-0.05, 0) is 33.1 Å². The maximum atomic E-state index is 12.8. The molecule has 0 bridgehead atoms. The lowest BCUT2D eigenvalue weighted by Gasteiger charge is -2.33. The summed E-state index contributed by atoms with van der Waals surface area (Å²) in [6.45, 7) is 4.01. The van der Waals surface area contributed by atoms with Gasteiger partial charge >= 0.3 is 42.4 Å². The van der Waals surface area contributed by atoms with Crippen LogP contribution in [-0.4, -0.2) is 67.8 Å².